The van der Waals surface area contributed by atoms with Crippen LogP contribution in [0.2, 0.25) is 0 Å². The van der Waals surface area contributed by atoms with Gasteiger partial charge in [-0.3, -0.25) is 0 Å². The second-order valence-corrected chi connectivity index (χ2v) is 12.4. The first-order chi connectivity index (χ1) is 16.5. The van der Waals surface area contributed by atoms with E-state index in [9.17, 15) is 9.90 Å². The molecule has 0 aromatic rings. The molecule has 3 aliphatic rings. The number of aliphatic hydroxyl groups excluding tert-OH is 1. The minimum Gasteiger partial charge on any atom is -0.462 e. The Morgan fingerprint density at radius 1 is 0.824 bits per heavy atom. The summed E-state index contributed by atoms with van der Waals surface area (Å²) in [4.78, 5) is 11.7. The van der Waals surface area contributed by atoms with E-state index >= 15 is 0 Å². The third-order valence-electron chi connectivity index (χ3n) is 9.87. The number of ether oxygens (including phenoxy) is 1. The molecule has 34 heavy (non-hydrogen) atoms. The van der Waals surface area contributed by atoms with Crippen molar-refractivity contribution < 1.29 is 14.6 Å². The van der Waals surface area contributed by atoms with E-state index in [-0.39, 0.29) is 18.5 Å². The molecule has 196 valence electrons. The Balaban J connectivity index is 1.30. The SMILES string of the molecule is C=C(C)C(=O)OCC(CO)CC1CCC(C2CCC(C3CCC(CCCCC)CC3)CC2)CC1. The molecule has 1 unspecified atom stereocenters. The minimum atomic E-state index is -0.335. The molecule has 0 amide bonds. The van der Waals surface area contributed by atoms with Gasteiger partial charge in [-0.15, -0.1) is 0 Å². The van der Waals surface area contributed by atoms with Crippen molar-refractivity contribution in [1.29, 1.82) is 0 Å². The summed E-state index contributed by atoms with van der Waals surface area (Å²) in [6, 6.07) is 0. The van der Waals surface area contributed by atoms with Gasteiger partial charge in [0, 0.05) is 18.1 Å². The number of aliphatic hydroxyl groups is 1. The fourth-order valence-corrected chi connectivity index (χ4v) is 7.60. The van der Waals surface area contributed by atoms with E-state index in [0.29, 0.717) is 18.1 Å². The summed E-state index contributed by atoms with van der Waals surface area (Å²) in [6.45, 7) is 8.06. The van der Waals surface area contributed by atoms with E-state index in [1.54, 1.807) is 6.92 Å². The quantitative estimate of drug-likeness (QED) is 0.176. The van der Waals surface area contributed by atoms with E-state index in [1.807, 2.05) is 0 Å². The van der Waals surface area contributed by atoms with Gasteiger partial charge in [-0.1, -0.05) is 64.9 Å². The van der Waals surface area contributed by atoms with Gasteiger partial charge in [-0.2, -0.15) is 0 Å². The lowest BCUT2D eigenvalue weighted by molar-refractivity contribution is -0.140. The molecule has 0 aromatic heterocycles. The predicted molar refractivity (Wildman–Crippen MR) is 141 cm³/mol. The van der Waals surface area contributed by atoms with Gasteiger partial charge >= 0.3 is 5.97 Å². The summed E-state index contributed by atoms with van der Waals surface area (Å²) in [7, 11) is 0. The zero-order valence-electron chi connectivity index (χ0n) is 22.4. The van der Waals surface area contributed by atoms with Gasteiger partial charge < -0.3 is 9.84 Å². The molecule has 1 N–H and O–H groups in total. The first-order valence-electron chi connectivity index (χ1n) is 14.9. The van der Waals surface area contributed by atoms with Crippen LogP contribution in [-0.2, 0) is 9.53 Å². The van der Waals surface area contributed by atoms with Crippen molar-refractivity contribution in [3.8, 4) is 0 Å². The highest BCUT2D eigenvalue weighted by molar-refractivity contribution is 5.86. The van der Waals surface area contributed by atoms with Crippen LogP contribution in [0.1, 0.15) is 123 Å². The van der Waals surface area contributed by atoms with Gasteiger partial charge in [0.05, 0.1) is 6.61 Å². The Hall–Kier alpha value is -0.830. The zero-order valence-corrected chi connectivity index (χ0v) is 22.4. The van der Waals surface area contributed by atoms with E-state index in [0.717, 1.165) is 36.0 Å². The number of hydrogen-bond acceptors (Lipinski definition) is 3. The van der Waals surface area contributed by atoms with Crippen LogP contribution in [0.4, 0.5) is 0 Å². The lowest BCUT2D eigenvalue weighted by Crippen LogP contribution is -2.30. The molecule has 1 atom stereocenters. The number of unbranched alkanes of at least 4 members (excludes halogenated alkanes) is 2. The van der Waals surface area contributed by atoms with E-state index in [1.165, 1.54) is 103 Å². The van der Waals surface area contributed by atoms with Crippen LogP contribution in [0.3, 0.4) is 0 Å². The highest BCUT2D eigenvalue weighted by Gasteiger charge is 2.35. The van der Waals surface area contributed by atoms with Crippen LogP contribution in [0.5, 0.6) is 0 Å². The molecule has 0 radical (unpaired) electrons. The monoisotopic (exact) mass is 474 g/mol. The average molecular weight is 475 g/mol. The third kappa shape index (κ3) is 8.68. The molecule has 3 heteroatoms. The van der Waals surface area contributed by atoms with Crippen molar-refractivity contribution in [2.24, 2.45) is 41.4 Å². The summed E-state index contributed by atoms with van der Waals surface area (Å²) in [5.74, 6) is 5.41. The molecule has 0 spiro atoms. The van der Waals surface area contributed by atoms with Crippen molar-refractivity contribution in [2.75, 3.05) is 13.2 Å². The van der Waals surface area contributed by atoms with Gasteiger partial charge in [0.15, 0.2) is 0 Å². The topological polar surface area (TPSA) is 46.5 Å². The molecule has 3 rings (SSSR count). The molecule has 0 bridgehead atoms. The molecular weight excluding hydrogens is 420 g/mol. The number of rotatable bonds is 12. The zero-order chi connectivity index (χ0) is 24.3. The Bertz CT molecular complexity index is 590. The summed E-state index contributed by atoms with van der Waals surface area (Å²) < 4.78 is 5.30. The van der Waals surface area contributed by atoms with Crippen LogP contribution in [0, 0.1) is 41.4 Å². The van der Waals surface area contributed by atoms with Crippen molar-refractivity contribution in [1.82, 2.24) is 0 Å². The summed E-state index contributed by atoms with van der Waals surface area (Å²) in [5, 5.41) is 9.75. The normalized spacial score (nSPS) is 33.3. The summed E-state index contributed by atoms with van der Waals surface area (Å²) in [5.41, 5.74) is 0.432. The van der Waals surface area contributed by atoms with Gasteiger partial charge in [-0.05, 0) is 100 Å². The van der Waals surface area contributed by atoms with Crippen LogP contribution in [0.25, 0.3) is 0 Å². The second kappa shape index (κ2) is 14.7. The lowest BCUT2D eigenvalue weighted by atomic mass is 9.64. The Kier molecular flexibility index (Phi) is 12.0. The largest absolute Gasteiger partial charge is 0.462 e. The van der Waals surface area contributed by atoms with Gasteiger partial charge in [-0.25, -0.2) is 4.79 Å². The highest BCUT2D eigenvalue weighted by atomic mass is 16.5. The molecule has 3 saturated carbocycles. The van der Waals surface area contributed by atoms with Gasteiger partial charge in [0.2, 0.25) is 0 Å². The third-order valence-corrected chi connectivity index (χ3v) is 9.87. The minimum absolute atomic E-state index is 0.0713. The molecule has 0 aliphatic heterocycles. The van der Waals surface area contributed by atoms with Crippen molar-refractivity contribution in [3.05, 3.63) is 12.2 Å². The first kappa shape index (κ1) is 27.8. The first-order valence-corrected chi connectivity index (χ1v) is 14.9. The fourth-order valence-electron chi connectivity index (χ4n) is 7.60. The molecule has 0 heterocycles. The second-order valence-electron chi connectivity index (χ2n) is 12.4. The molecule has 3 nitrogen and oxygen atoms in total. The number of hydrogen-bond donors (Lipinski definition) is 1. The lowest BCUT2D eigenvalue weighted by Gasteiger charge is -2.41. The molecule has 0 saturated heterocycles. The Morgan fingerprint density at radius 2 is 1.29 bits per heavy atom. The van der Waals surface area contributed by atoms with Crippen LogP contribution in [-0.4, -0.2) is 24.3 Å². The molecule has 3 aliphatic carbocycles. The van der Waals surface area contributed by atoms with Crippen LogP contribution in [0.15, 0.2) is 12.2 Å². The molecule has 0 aromatic carbocycles. The predicted octanol–water partition coefficient (Wildman–Crippen LogP) is 8.10. The molecular formula is C31H54O3. The van der Waals surface area contributed by atoms with E-state index in [4.69, 9.17) is 4.74 Å². The van der Waals surface area contributed by atoms with E-state index < -0.39 is 0 Å². The summed E-state index contributed by atoms with van der Waals surface area (Å²) >= 11 is 0. The Labute approximate surface area is 210 Å². The smallest absolute Gasteiger partial charge is 0.333 e. The highest BCUT2D eigenvalue weighted by Crippen LogP contribution is 2.46. The number of carbonyl (C=O) groups is 1. The van der Waals surface area contributed by atoms with Crippen molar-refractivity contribution >= 4 is 5.97 Å². The van der Waals surface area contributed by atoms with Crippen molar-refractivity contribution in [2.45, 2.75) is 123 Å². The van der Waals surface area contributed by atoms with Crippen LogP contribution < -0.4 is 0 Å². The maximum absolute atomic E-state index is 11.7. The number of esters is 1. The maximum atomic E-state index is 11.7. The van der Waals surface area contributed by atoms with Gasteiger partial charge in [0.25, 0.3) is 0 Å². The Morgan fingerprint density at radius 3 is 1.74 bits per heavy atom. The molecule has 3 fully saturated rings. The van der Waals surface area contributed by atoms with E-state index in [2.05, 4.69) is 13.5 Å². The maximum Gasteiger partial charge on any atom is 0.333 e. The van der Waals surface area contributed by atoms with Crippen LogP contribution >= 0.6 is 0 Å². The average Bonchev–Trinajstić information content (AvgIpc) is 2.87. The number of carbonyl (C=O) groups excluding carboxylic acids is 1. The summed E-state index contributed by atoms with van der Waals surface area (Å²) in [6.07, 6.45) is 24.1. The standard InChI is InChI=1S/C31H54O3/c1-4-5-6-7-24-8-12-27(13-9-24)29-16-18-30(19-17-29)28-14-10-25(11-15-28)20-26(21-32)22-34-31(33)23(2)3/h24-30,32H,2,4-22H2,1,3H3. The fraction of sp³-hybridized carbons (Fsp3) is 0.903. The van der Waals surface area contributed by atoms with Gasteiger partial charge in [0.1, 0.15) is 0 Å². The van der Waals surface area contributed by atoms with Crippen molar-refractivity contribution in [3.63, 3.8) is 0 Å².